The predicted octanol–water partition coefficient (Wildman–Crippen LogP) is 3.94. The van der Waals surface area contributed by atoms with Crippen molar-refractivity contribution in [2.24, 2.45) is 11.7 Å². The molecule has 0 spiro atoms. The van der Waals surface area contributed by atoms with Gasteiger partial charge in [0.1, 0.15) is 5.82 Å². The Morgan fingerprint density at radius 3 is 2.62 bits per heavy atom. The van der Waals surface area contributed by atoms with Crippen LogP contribution in [0.5, 0.6) is 0 Å². The van der Waals surface area contributed by atoms with Crippen LogP contribution in [0.2, 0.25) is 0 Å². The SMILES string of the molecule is N[C@H](c1nc(-c2ccc(F)c(F)c2)c[nH]1)C1CCCCC1. The van der Waals surface area contributed by atoms with Crippen molar-refractivity contribution >= 4 is 0 Å². The molecule has 1 atom stereocenters. The number of H-pyrrole nitrogens is 1. The molecule has 1 aromatic heterocycles. The molecule has 1 heterocycles. The van der Waals surface area contributed by atoms with Crippen molar-refractivity contribution < 1.29 is 8.78 Å². The zero-order valence-corrected chi connectivity index (χ0v) is 11.8. The molecular formula is C16H19F2N3. The van der Waals surface area contributed by atoms with Gasteiger partial charge >= 0.3 is 0 Å². The molecule has 112 valence electrons. The van der Waals surface area contributed by atoms with Crippen LogP contribution in [0.25, 0.3) is 11.3 Å². The maximum atomic E-state index is 13.3. The Bertz CT molecular complexity index is 618. The molecule has 1 fully saturated rings. The Balaban J connectivity index is 1.80. The van der Waals surface area contributed by atoms with Gasteiger partial charge in [-0.3, -0.25) is 0 Å². The summed E-state index contributed by atoms with van der Waals surface area (Å²) in [5.74, 6) is -0.550. The summed E-state index contributed by atoms with van der Waals surface area (Å²) in [7, 11) is 0. The molecular weight excluding hydrogens is 272 g/mol. The maximum absolute atomic E-state index is 13.3. The van der Waals surface area contributed by atoms with E-state index in [-0.39, 0.29) is 6.04 Å². The van der Waals surface area contributed by atoms with E-state index in [1.807, 2.05) is 0 Å². The maximum Gasteiger partial charge on any atom is 0.159 e. The lowest BCUT2D eigenvalue weighted by atomic mass is 9.84. The average Bonchev–Trinajstić information content (AvgIpc) is 3.00. The molecule has 3 nitrogen and oxygen atoms in total. The summed E-state index contributed by atoms with van der Waals surface area (Å²) < 4.78 is 26.3. The van der Waals surface area contributed by atoms with E-state index in [9.17, 15) is 8.78 Å². The Morgan fingerprint density at radius 2 is 1.90 bits per heavy atom. The first-order valence-electron chi connectivity index (χ1n) is 7.41. The predicted molar refractivity (Wildman–Crippen MR) is 77.4 cm³/mol. The summed E-state index contributed by atoms with van der Waals surface area (Å²) in [6, 6.07) is 3.66. The van der Waals surface area contributed by atoms with Gasteiger partial charge in [0, 0.05) is 11.8 Å². The molecule has 1 aliphatic rings. The lowest BCUT2D eigenvalue weighted by Crippen LogP contribution is -2.24. The van der Waals surface area contributed by atoms with Crippen LogP contribution in [0.3, 0.4) is 0 Å². The molecule has 3 rings (SSSR count). The summed E-state index contributed by atoms with van der Waals surface area (Å²) in [6.07, 6.45) is 7.67. The normalized spacial score (nSPS) is 17.9. The molecule has 1 aromatic carbocycles. The topological polar surface area (TPSA) is 54.7 Å². The van der Waals surface area contributed by atoms with Crippen LogP contribution in [-0.4, -0.2) is 9.97 Å². The van der Waals surface area contributed by atoms with E-state index in [0.29, 0.717) is 17.2 Å². The van der Waals surface area contributed by atoms with E-state index in [0.717, 1.165) is 30.8 Å². The highest BCUT2D eigenvalue weighted by Crippen LogP contribution is 2.32. The van der Waals surface area contributed by atoms with Gasteiger partial charge in [0.15, 0.2) is 11.6 Å². The number of nitrogens with zero attached hydrogens (tertiary/aromatic N) is 1. The second-order valence-electron chi connectivity index (χ2n) is 5.72. The minimum atomic E-state index is -0.867. The van der Waals surface area contributed by atoms with E-state index in [1.54, 1.807) is 6.20 Å². The third-order valence-corrected chi connectivity index (χ3v) is 4.29. The fourth-order valence-corrected chi connectivity index (χ4v) is 3.03. The first-order valence-corrected chi connectivity index (χ1v) is 7.41. The number of aromatic nitrogens is 2. The second kappa shape index (κ2) is 5.93. The summed E-state index contributed by atoms with van der Waals surface area (Å²) >= 11 is 0. The van der Waals surface area contributed by atoms with Gasteiger partial charge in [0.2, 0.25) is 0 Å². The van der Waals surface area contributed by atoms with Crippen LogP contribution in [-0.2, 0) is 0 Å². The standard InChI is InChI=1S/C16H19F2N3/c17-12-7-6-11(8-13(12)18)14-9-20-16(21-14)15(19)10-4-2-1-3-5-10/h6-10,15H,1-5,19H2,(H,20,21)/t15-/m0/s1. The quantitative estimate of drug-likeness (QED) is 0.900. The van der Waals surface area contributed by atoms with Crippen LogP contribution >= 0.6 is 0 Å². The van der Waals surface area contributed by atoms with Crippen molar-refractivity contribution in [3.05, 3.63) is 41.9 Å². The smallest absolute Gasteiger partial charge is 0.159 e. The zero-order chi connectivity index (χ0) is 14.8. The van der Waals surface area contributed by atoms with Gasteiger partial charge in [-0.2, -0.15) is 0 Å². The molecule has 0 saturated heterocycles. The summed E-state index contributed by atoms with van der Waals surface area (Å²) in [6.45, 7) is 0. The molecule has 21 heavy (non-hydrogen) atoms. The Kier molecular flexibility index (Phi) is 4.01. The Labute approximate surface area is 122 Å². The first-order chi connectivity index (χ1) is 10.1. The van der Waals surface area contributed by atoms with E-state index in [2.05, 4.69) is 9.97 Å². The van der Waals surface area contributed by atoms with Gasteiger partial charge in [-0.15, -0.1) is 0 Å². The highest BCUT2D eigenvalue weighted by Gasteiger charge is 2.24. The minimum absolute atomic E-state index is 0.121. The van der Waals surface area contributed by atoms with Crippen molar-refractivity contribution in [3.63, 3.8) is 0 Å². The molecule has 1 saturated carbocycles. The Hall–Kier alpha value is -1.75. The third kappa shape index (κ3) is 2.97. The van der Waals surface area contributed by atoms with Crippen molar-refractivity contribution in [2.45, 2.75) is 38.1 Å². The third-order valence-electron chi connectivity index (χ3n) is 4.29. The lowest BCUT2D eigenvalue weighted by molar-refractivity contribution is 0.302. The van der Waals surface area contributed by atoms with Gasteiger partial charge in [0.05, 0.1) is 11.7 Å². The second-order valence-corrected chi connectivity index (χ2v) is 5.72. The molecule has 5 heteroatoms. The average molecular weight is 291 g/mol. The highest BCUT2D eigenvalue weighted by atomic mass is 19.2. The number of imidazole rings is 1. The van der Waals surface area contributed by atoms with Crippen molar-refractivity contribution in [3.8, 4) is 11.3 Å². The van der Waals surface area contributed by atoms with Crippen LogP contribution in [0.1, 0.15) is 44.0 Å². The monoisotopic (exact) mass is 291 g/mol. The molecule has 2 aromatic rings. The first kappa shape index (κ1) is 14.2. The van der Waals surface area contributed by atoms with Crippen molar-refractivity contribution in [2.75, 3.05) is 0 Å². The molecule has 1 aliphatic carbocycles. The summed E-state index contributed by atoms with van der Waals surface area (Å²) in [5, 5.41) is 0. The van der Waals surface area contributed by atoms with Gasteiger partial charge in [-0.05, 0) is 37.0 Å². The number of halogens is 2. The largest absolute Gasteiger partial charge is 0.347 e. The molecule has 3 N–H and O–H groups in total. The minimum Gasteiger partial charge on any atom is -0.347 e. The van der Waals surface area contributed by atoms with Crippen LogP contribution < -0.4 is 5.73 Å². The molecule has 0 amide bonds. The number of hydrogen-bond acceptors (Lipinski definition) is 2. The lowest BCUT2D eigenvalue weighted by Gasteiger charge is -2.26. The fourth-order valence-electron chi connectivity index (χ4n) is 3.03. The van der Waals surface area contributed by atoms with E-state index < -0.39 is 11.6 Å². The molecule has 0 aliphatic heterocycles. The Morgan fingerprint density at radius 1 is 1.14 bits per heavy atom. The van der Waals surface area contributed by atoms with E-state index in [1.165, 1.54) is 25.3 Å². The number of nitrogens with two attached hydrogens (primary N) is 1. The number of hydrogen-bond donors (Lipinski definition) is 2. The number of aromatic amines is 1. The van der Waals surface area contributed by atoms with Crippen molar-refractivity contribution in [1.29, 1.82) is 0 Å². The van der Waals surface area contributed by atoms with E-state index >= 15 is 0 Å². The highest BCUT2D eigenvalue weighted by molar-refractivity contribution is 5.58. The summed E-state index contributed by atoms with van der Waals surface area (Å²) in [4.78, 5) is 7.54. The van der Waals surface area contributed by atoms with Gasteiger partial charge in [0.25, 0.3) is 0 Å². The van der Waals surface area contributed by atoms with Gasteiger partial charge < -0.3 is 10.7 Å². The van der Waals surface area contributed by atoms with Gasteiger partial charge in [-0.1, -0.05) is 19.3 Å². The van der Waals surface area contributed by atoms with Crippen LogP contribution in [0, 0.1) is 17.6 Å². The molecule has 0 radical (unpaired) electrons. The van der Waals surface area contributed by atoms with Crippen LogP contribution in [0.4, 0.5) is 8.78 Å². The summed E-state index contributed by atoms with van der Waals surface area (Å²) in [5.41, 5.74) is 7.43. The van der Waals surface area contributed by atoms with Crippen LogP contribution in [0.15, 0.2) is 24.4 Å². The number of rotatable bonds is 3. The number of benzene rings is 1. The number of nitrogens with one attached hydrogen (secondary N) is 1. The molecule has 0 unspecified atom stereocenters. The van der Waals surface area contributed by atoms with E-state index in [4.69, 9.17) is 5.73 Å². The van der Waals surface area contributed by atoms with Crippen molar-refractivity contribution in [1.82, 2.24) is 9.97 Å². The molecule has 0 bridgehead atoms. The zero-order valence-electron chi connectivity index (χ0n) is 11.8. The van der Waals surface area contributed by atoms with Gasteiger partial charge in [-0.25, -0.2) is 13.8 Å². The fraction of sp³-hybridized carbons (Fsp3) is 0.438.